The average molecular weight is 285 g/mol. The lowest BCUT2D eigenvalue weighted by molar-refractivity contribution is 0.0699. The number of hydrogen-bond acceptors (Lipinski definition) is 3. The van der Waals surface area contributed by atoms with Gasteiger partial charge in [0.15, 0.2) is 0 Å². The summed E-state index contributed by atoms with van der Waals surface area (Å²) in [6, 6.07) is 11.4. The summed E-state index contributed by atoms with van der Waals surface area (Å²) in [6.07, 6.45) is 0.461. The van der Waals surface area contributed by atoms with E-state index in [0.29, 0.717) is 29.6 Å². The van der Waals surface area contributed by atoms with Crippen molar-refractivity contribution in [3.63, 3.8) is 0 Å². The number of nitrogens with zero attached hydrogens (tertiary/aromatic N) is 3. The average Bonchev–Trinajstić information content (AvgIpc) is 2.89. The smallest absolute Gasteiger partial charge is 0.338 e. The van der Waals surface area contributed by atoms with Crippen molar-refractivity contribution in [2.45, 2.75) is 13.0 Å². The molecule has 0 spiro atoms. The van der Waals surface area contributed by atoms with Crippen LogP contribution in [0.15, 0.2) is 42.5 Å². The molecule has 0 unspecified atom stereocenters. The van der Waals surface area contributed by atoms with Gasteiger partial charge in [0.25, 0.3) is 0 Å². The van der Waals surface area contributed by atoms with E-state index in [1.165, 1.54) is 12.1 Å². The Hall–Kier alpha value is -2.76. The highest BCUT2D eigenvalue weighted by atomic mass is 19.1. The van der Waals surface area contributed by atoms with Gasteiger partial charge in [0.2, 0.25) is 0 Å². The molecule has 0 amide bonds. The molecular weight excluding hydrogens is 273 g/mol. The number of aromatic nitrogens is 3. The van der Waals surface area contributed by atoms with E-state index >= 15 is 0 Å². The van der Waals surface area contributed by atoms with Crippen molar-refractivity contribution in [1.29, 1.82) is 0 Å². The van der Waals surface area contributed by atoms with Crippen LogP contribution in [0.4, 0.5) is 4.39 Å². The van der Waals surface area contributed by atoms with E-state index in [1.807, 2.05) is 0 Å². The van der Waals surface area contributed by atoms with Crippen LogP contribution in [-0.2, 0) is 13.0 Å². The minimum absolute atomic E-state index is 0.115. The SMILES string of the molecule is O=C(O)c1cccc2c1nnn2CCc1ccccc1F. The number of aromatic carboxylic acids is 1. The second kappa shape index (κ2) is 5.32. The predicted molar refractivity (Wildman–Crippen MR) is 74.6 cm³/mol. The fraction of sp³-hybridized carbons (Fsp3) is 0.133. The number of carboxylic acid groups (broad SMARTS) is 1. The molecule has 1 N–H and O–H groups in total. The van der Waals surface area contributed by atoms with E-state index < -0.39 is 5.97 Å². The zero-order valence-corrected chi connectivity index (χ0v) is 11.0. The molecule has 21 heavy (non-hydrogen) atoms. The molecule has 3 rings (SSSR count). The van der Waals surface area contributed by atoms with Crippen LogP contribution >= 0.6 is 0 Å². The number of aryl methyl sites for hydroxylation is 2. The molecule has 5 nitrogen and oxygen atoms in total. The van der Waals surface area contributed by atoms with Crippen LogP contribution in [0.5, 0.6) is 0 Å². The first-order valence-corrected chi connectivity index (χ1v) is 6.46. The van der Waals surface area contributed by atoms with Gasteiger partial charge in [0.1, 0.15) is 11.3 Å². The van der Waals surface area contributed by atoms with Gasteiger partial charge >= 0.3 is 5.97 Å². The van der Waals surface area contributed by atoms with Crippen molar-refractivity contribution in [2.24, 2.45) is 0 Å². The zero-order valence-electron chi connectivity index (χ0n) is 11.0. The lowest BCUT2D eigenvalue weighted by atomic mass is 10.1. The zero-order chi connectivity index (χ0) is 14.8. The largest absolute Gasteiger partial charge is 0.478 e. The Morgan fingerprint density at radius 1 is 1.19 bits per heavy atom. The quantitative estimate of drug-likeness (QED) is 0.799. The molecule has 0 aliphatic carbocycles. The predicted octanol–water partition coefficient (Wildman–Crippen LogP) is 2.51. The highest BCUT2D eigenvalue weighted by Crippen LogP contribution is 2.17. The topological polar surface area (TPSA) is 68.0 Å². The molecule has 0 radical (unpaired) electrons. The lowest BCUT2D eigenvalue weighted by Crippen LogP contribution is -2.04. The van der Waals surface area contributed by atoms with Gasteiger partial charge in [-0.2, -0.15) is 0 Å². The van der Waals surface area contributed by atoms with E-state index in [2.05, 4.69) is 10.3 Å². The summed E-state index contributed by atoms with van der Waals surface area (Å²) in [7, 11) is 0. The van der Waals surface area contributed by atoms with E-state index in [0.717, 1.165) is 0 Å². The molecule has 6 heteroatoms. The van der Waals surface area contributed by atoms with Crippen LogP contribution in [-0.4, -0.2) is 26.1 Å². The van der Waals surface area contributed by atoms with Crippen molar-refractivity contribution in [3.8, 4) is 0 Å². The third kappa shape index (κ3) is 2.47. The molecule has 2 aromatic carbocycles. The van der Waals surface area contributed by atoms with Gasteiger partial charge in [0.05, 0.1) is 11.1 Å². The van der Waals surface area contributed by atoms with Crippen molar-refractivity contribution in [3.05, 3.63) is 59.4 Å². The second-order valence-corrected chi connectivity index (χ2v) is 4.63. The van der Waals surface area contributed by atoms with Crippen molar-refractivity contribution < 1.29 is 14.3 Å². The standard InChI is InChI=1S/C15H12FN3O2/c16-12-6-2-1-4-10(12)8-9-19-13-7-3-5-11(15(20)21)14(13)17-18-19/h1-7H,8-9H2,(H,20,21). The molecule has 0 bridgehead atoms. The number of carboxylic acids is 1. The van der Waals surface area contributed by atoms with Gasteiger partial charge in [-0.1, -0.05) is 29.5 Å². The molecule has 0 atom stereocenters. The van der Waals surface area contributed by atoms with E-state index in [-0.39, 0.29) is 11.4 Å². The number of rotatable bonds is 4. The summed E-state index contributed by atoms with van der Waals surface area (Å²) in [6.45, 7) is 0.431. The Labute approximate surface area is 119 Å². The summed E-state index contributed by atoms with van der Waals surface area (Å²) >= 11 is 0. The number of benzene rings is 2. The Morgan fingerprint density at radius 3 is 2.76 bits per heavy atom. The van der Waals surface area contributed by atoms with Gasteiger partial charge in [-0.3, -0.25) is 0 Å². The Morgan fingerprint density at radius 2 is 2.00 bits per heavy atom. The highest BCUT2D eigenvalue weighted by molar-refractivity contribution is 6.00. The summed E-state index contributed by atoms with van der Waals surface area (Å²) in [5.41, 5.74) is 1.69. The maximum absolute atomic E-state index is 13.6. The molecule has 0 saturated heterocycles. The first-order chi connectivity index (χ1) is 10.2. The molecular formula is C15H12FN3O2. The van der Waals surface area contributed by atoms with Crippen LogP contribution in [0.25, 0.3) is 11.0 Å². The molecule has 0 aliphatic heterocycles. The molecule has 0 saturated carbocycles. The summed E-state index contributed by atoms with van der Waals surface area (Å²) in [4.78, 5) is 11.1. The maximum Gasteiger partial charge on any atom is 0.338 e. The Balaban J connectivity index is 1.90. The monoisotopic (exact) mass is 285 g/mol. The number of carbonyl (C=O) groups is 1. The Bertz CT molecular complexity index is 814. The fourth-order valence-corrected chi connectivity index (χ4v) is 2.26. The third-order valence-corrected chi connectivity index (χ3v) is 3.33. The summed E-state index contributed by atoms with van der Waals surface area (Å²) < 4.78 is 15.2. The van der Waals surface area contributed by atoms with Crippen molar-refractivity contribution in [1.82, 2.24) is 15.0 Å². The minimum atomic E-state index is -1.04. The number of halogens is 1. The van der Waals surface area contributed by atoms with Gasteiger partial charge in [-0.25, -0.2) is 13.9 Å². The minimum Gasteiger partial charge on any atom is -0.478 e. The van der Waals surface area contributed by atoms with E-state index in [4.69, 9.17) is 5.11 Å². The van der Waals surface area contributed by atoms with Crippen LogP contribution in [0, 0.1) is 5.82 Å². The van der Waals surface area contributed by atoms with Gasteiger partial charge in [-0.15, -0.1) is 5.10 Å². The Kier molecular flexibility index (Phi) is 3.35. The lowest BCUT2D eigenvalue weighted by Gasteiger charge is -2.04. The van der Waals surface area contributed by atoms with Crippen LogP contribution < -0.4 is 0 Å². The number of hydrogen-bond donors (Lipinski definition) is 1. The fourth-order valence-electron chi connectivity index (χ4n) is 2.26. The summed E-state index contributed by atoms with van der Waals surface area (Å²) in [5.74, 6) is -1.30. The normalized spacial score (nSPS) is 10.9. The number of fused-ring (bicyclic) bond motifs is 1. The molecule has 0 aliphatic rings. The summed E-state index contributed by atoms with van der Waals surface area (Å²) in [5, 5.41) is 17.0. The van der Waals surface area contributed by atoms with Gasteiger partial charge in [0, 0.05) is 6.54 Å². The van der Waals surface area contributed by atoms with Crippen molar-refractivity contribution >= 4 is 17.0 Å². The molecule has 1 aromatic heterocycles. The van der Waals surface area contributed by atoms with Gasteiger partial charge < -0.3 is 5.11 Å². The second-order valence-electron chi connectivity index (χ2n) is 4.63. The van der Waals surface area contributed by atoms with Gasteiger partial charge in [-0.05, 0) is 30.2 Å². The molecule has 3 aromatic rings. The third-order valence-electron chi connectivity index (χ3n) is 3.33. The molecule has 106 valence electrons. The molecule has 1 heterocycles. The van der Waals surface area contributed by atoms with E-state index in [9.17, 15) is 9.18 Å². The molecule has 0 fully saturated rings. The van der Waals surface area contributed by atoms with Crippen LogP contribution in [0.3, 0.4) is 0 Å². The van der Waals surface area contributed by atoms with Crippen LogP contribution in [0.2, 0.25) is 0 Å². The van der Waals surface area contributed by atoms with E-state index in [1.54, 1.807) is 35.0 Å². The highest BCUT2D eigenvalue weighted by Gasteiger charge is 2.13. The van der Waals surface area contributed by atoms with Crippen LogP contribution in [0.1, 0.15) is 15.9 Å². The first-order valence-electron chi connectivity index (χ1n) is 6.46. The van der Waals surface area contributed by atoms with Crippen molar-refractivity contribution in [2.75, 3.05) is 0 Å². The first kappa shape index (κ1) is 13.2. The maximum atomic E-state index is 13.6.